The summed E-state index contributed by atoms with van der Waals surface area (Å²) in [6.45, 7) is 4.08. The Morgan fingerprint density at radius 2 is 1.89 bits per heavy atom. The molecule has 3 N–H and O–H groups in total. The quantitative estimate of drug-likeness (QED) is 0.332. The molecule has 0 bridgehead atoms. The highest BCUT2D eigenvalue weighted by Gasteiger charge is 2.13. The van der Waals surface area contributed by atoms with Gasteiger partial charge in [-0.25, -0.2) is 4.99 Å². The van der Waals surface area contributed by atoms with Crippen molar-refractivity contribution in [3.05, 3.63) is 47.5 Å². The van der Waals surface area contributed by atoms with Crippen molar-refractivity contribution >= 4 is 29.9 Å². The first-order valence-corrected chi connectivity index (χ1v) is 8.46. The van der Waals surface area contributed by atoms with Crippen molar-refractivity contribution in [3.8, 4) is 23.0 Å². The van der Waals surface area contributed by atoms with Crippen LogP contribution in [-0.2, 0) is 13.1 Å². The zero-order chi connectivity index (χ0) is 18.4. The monoisotopic (exact) mass is 485 g/mol. The summed E-state index contributed by atoms with van der Waals surface area (Å²) in [6, 6.07) is 11.1. The lowest BCUT2D eigenvalue weighted by Crippen LogP contribution is -2.36. The molecule has 2 aromatic rings. The predicted molar refractivity (Wildman–Crippen MR) is 114 cm³/mol. The number of aromatic hydroxyl groups is 1. The minimum atomic E-state index is 0. The van der Waals surface area contributed by atoms with Crippen LogP contribution >= 0.6 is 24.0 Å². The average molecular weight is 485 g/mol. The molecule has 27 heavy (non-hydrogen) atoms. The summed E-state index contributed by atoms with van der Waals surface area (Å²) in [7, 11) is 1.52. The minimum absolute atomic E-state index is 0. The third-order valence-electron chi connectivity index (χ3n) is 3.90. The van der Waals surface area contributed by atoms with Crippen LogP contribution in [0.1, 0.15) is 18.1 Å². The fourth-order valence-corrected chi connectivity index (χ4v) is 2.58. The van der Waals surface area contributed by atoms with E-state index in [2.05, 4.69) is 15.6 Å². The van der Waals surface area contributed by atoms with E-state index in [1.807, 2.05) is 31.2 Å². The molecule has 0 atom stereocenters. The Morgan fingerprint density at radius 1 is 1.11 bits per heavy atom. The van der Waals surface area contributed by atoms with Crippen LogP contribution in [0.4, 0.5) is 0 Å². The second-order valence-corrected chi connectivity index (χ2v) is 5.74. The van der Waals surface area contributed by atoms with E-state index < -0.39 is 0 Å². The molecule has 0 aliphatic carbocycles. The van der Waals surface area contributed by atoms with Gasteiger partial charge in [0.05, 0.1) is 13.7 Å². The molecule has 0 amide bonds. The normalized spacial score (nSPS) is 12.3. The maximum absolute atomic E-state index is 9.86. The van der Waals surface area contributed by atoms with Gasteiger partial charge in [0.25, 0.3) is 0 Å². The fourth-order valence-electron chi connectivity index (χ4n) is 2.58. The van der Waals surface area contributed by atoms with E-state index in [0.29, 0.717) is 24.8 Å². The van der Waals surface area contributed by atoms with Crippen molar-refractivity contribution in [1.29, 1.82) is 0 Å². The standard InChI is InChI=1S/C19H23N3O4.HI/c1-3-20-19(21-10-13-4-6-16(24-2)15(23)8-13)22-11-14-5-7-17-18(9-14)26-12-25-17;/h4-9,23H,3,10-12H2,1-2H3,(H2,20,21,22);1H. The summed E-state index contributed by atoms with van der Waals surface area (Å²) >= 11 is 0. The second-order valence-electron chi connectivity index (χ2n) is 5.74. The number of nitrogens with zero attached hydrogens (tertiary/aromatic N) is 1. The molecule has 0 unspecified atom stereocenters. The second kappa shape index (κ2) is 10.1. The first kappa shape index (κ1) is 20.9. The molecular weight excluding hydrogens is 461 g/mol. The van der Waals surface area contributed by atoms with E-state index in [1.54, 1.807) is 12.1 Å². The van der Waals surface area contributed by atoms with Crippen LogP contribution in [0.3, 0.4) is 0 Å². The number of benzene rings is 2. The predicted octanol–water partition coefficient (Wildman–Crippen LogP) is 3.00. The number of guanidine groups is 1. The Hall–Kier alpha value is -2.36. The van der Waals surface area contributed by atoms with Gasteiger partial charge in [-0.1, -0.05) is 12.1 Å². The highest BCUT2D eigenvalue weighted by molar-refractivity contribution is 14.0. The van der Waals surface area contributed by atoms with Crippen LogP contribution in [0, 0.1) is 0 Å². The Kier molecular flexibility index (Phi) is 7.83. The lowest BCUT2D eigenvalue weighted by Gasteiger charge is -2.12. The fraction of sp³-hybridized carbons (Fsp3) is 0.316. The number of fused-ring (bicyclic) bond motifs is 1. The summed E-state index contributed by atoms with van der Waals surface area (Å²) in [4.78, 5) is 4.55. The topological polar surface area (TPSA) is 84.3 Å². The Labute approximate surface area is 175 Å². The van der Waals surface area contributed by atoms with Crippen LogP contribution in [0.15, 0.2) is 41.4 Å². The molecule has 0 saturated heterocycles. The minimum Gasteiger partial charge on any atom is -0.504 e. The molecule has 0 aromatic heterocycles. The molecule has 146 valence electrons. The molecule has 3 rings (SSSR count). The highest BCUT2D eigenvalue weighted by atomic mass is 127. The van der Waals surface area contributed by atoms with E-state index in [-0.39, 0.29) is 36.5 Å². The van der Waals surface area contributed by atoms with Crippen molar-refractivity contribution < 1.29 is 19.3 Å². The number of ether oxygens (including phenoxy) is 3. The SMILES string of the molecule is CCNC(=NCc1ccc(OC)c(O)c1)NCc1ccc2c(c1)OCO2.I. The van der Waals surface area contributed by atoms with Crippen LogP contribution in [0.5, 0.6) is 23.0 Å². The summed E-state index contributed by atoms with van der Waals surface area (Å²) < 4.78 is 15.8. The first-order valence-electron chi connectivity index (χ1n) is 8.46. The number of hydrogen-bond donors (Lipinski definition) is 3. The zero-order valence-electron chi connectivity index (χ0n) is 15.3. The van der Waals surface area contributed by atoms with Gasteiger partial charge in [-0.15, -0.1) is 24.0 Å². The lowest BCUT2D eigenvalue weighted by atomic mass is 10.2. The Morgan fingerprint density at radius 3 is 2.63 bits per heavy atom. The van der Waals surface area contributed by atoms with Gasteiger partial charge in [0, 0.05) is 13.1 Å². The Balaban J connectivity index is 0.00000261. The van der Waals surface area contributed by atoms with Crippen molar-refractivity contribution in [1.82, 2.24) is 10.6 Å². The molecule has 8 heteroatoms. The molecule has 7 nitrogen and oxygen atoms in total. The van der Waals surface area contributed by atoms with Gasteiger partial charge in [-0.2, -0.15) is 0 Å². The summed E-state index contributed by atoms with van der Waals surface area (Å²) in [5.41, 5.74) is 1.96. The third kappa shape index (κ3) is 5.56. The van der Waals surface area contributed by atoms with Crippen LogP contribution in [-0.4, -0.2) is 31.5 Å². The maximum atomic E-state index is 9.86. The molecule has 0 saturated carbocycles. The number of hydrogen-bond acceptors (Lipinski definition) is 5. The van der Waals surface area contributed by atoms with Gasteiger partial charge in [-0.3, -0.25) is 0 Å². The smallest absolute Gasteiger partial charge is 0.231 e. The first-order chi connectivity index (χ1) is 12.7. The molecule has 1 heterocycles. The maximum Gasteiger partial charge on any atom is 0.231 e. The van der Waals surface area contributed by atoms with Gasteiger partial charge in [-0.05, 0) is 42.3 Å². The van der Waals surface area contributed by atoms with E-state index >= 15 is 0 Å². The number of aliphatic imine (C=N–C) groups is 1. The zero-order valence-corrected chi connectivity index (χ0v) is 17.7. The number of phenols is 1. The van der Waals surface area contributed by atoms with Crippen molar-refractivity contribution in [2.45, 2.75) is 20.0 Å². The average Bonchev–Trinajstić information content (AvgIpc) is 3.12. The van der Waals surface area contributed by atoms with Gasteiger partial charge >= 0.3 is 0 Å². The number of halogens is 1. The molecule has 2 aromatic carbocycles. The van der Waals surface area contributed by atoms with Gasteiger partial charge in [0.2, 0.25) is 6.79 Å². The number of methoxy groups -OCH3 is 1. The molecule has 1 aliphatic heterocycles. The van der Waals surface area contributed by atoms with Crippen LogP contribution in [0.25, 0.3) is 0 Å². The molecule has 1 aliphatic rings. The molecule has 0 spiro atoms. The van der Waals surface area contributed by atoms with E-state index in [1.165, 1.54) is 7.11 Å². The largest absolute Gasteiger partial charge is 0.504 e. The Bertz CT molecular complexity index is 799. The molecular formula is C19H24IN3O4. The van der Waals surface area contributed by atoms with E-state index in [4.69, 9.17) is 14.2 Å². The summed E-state index contributed by atoms with van der Waals surface area (Å²) in [6.07, 6.45) is 0. The van der Waals surface area contributed by atoms with Crippen molar-refractivity contribution in [3.63, 3.8) is 0 Å². The van der Waals surface area contributed by atoms with Gasteiger partial charge < -0.3 is 30.0 Å². The van der Waals surface area contributed by atoms with Gasteiger partial charge in [0.1, 0.15) is 0 Å². The molecule has 0 radical (unpaired) electrons. The van der Waals surface area contributed by atoms with Crippen LogP contribution in [0.2, 0.25) is 0 Å². The van der Waals surface area contributed by atoms with Crippen molar-refractivity contribution in [2.24, 2.45) is 4.99 Å². The third-order valence-corrected chi connectivity index (χ3v) is 3.90. The van der Waals surface area contributed by atoms with E-state index in [0.717, 1.165) is 29.2 Å². The van der Waals surface area contributed by atoms with Crippen LogP contribution < -0.4 is 24.8 Å². The highest BCUT2D eigenvalue weighted by Crippen LogP contribution is 2.32. The van der Waals surface area contributed by atoms with E-state index in [9.17, 15) is 5.11 Å². The number of nitrogens with one attached hydrogen (secondary N) is 2. The number of rotatable bonds is 6. The van der Waals surface area contributed by atoms with Crippen molar-refractivity contribution in [2.75, 3.05) is 20.4 Å². The molecule has 0 fully saturated rings. The summed E-state index contributed by atoms with van der Waals surface area (Å²) in [5.74, 6) is 2.79. The number of phenolic OH excluding ortho intramolecular Hbond substituents is 1. The lowest BCUT2D eigenvalue weighted by molar-refractivity contribution is 0.174. The summed E-state index contributed by atoms with van der Waals surface area (Å²) in [5, 5.41) is 16.4. The van der Waals surface area contributed by atoms with Gasteiger partial charge in [0.15, 0.2) is 29.0 Å².